The zero-order chi connectivity index (χ0) is 10.6. The number of amides is 1. The summed E-state index contributed by atoms with van der Waals surface area (Å²) in [6.45, 7) is 0. The van der Waals surface area contributed by atoms with Gasteiger partial charge in [0.2, 0.25) is 0 Å². The lowest BCUT2D eigenvalue weighted by Gasteiger charge is -2.09. The minimum atomic E-state index is -0.0251. The first kappa shape index (κ1) is 10.6. The molecule has 0 spiro atoms. The van der Waals surface area contributed by atoms with Gasteiger partial charge in [-0.3, -0.25) is 4.79 Å². The third-order valence-corrected chi connectivity index (χ3v) is 1.79. The van der Waals surface area contributed by atoms with Crippen LogP contribution in [-0.4, -0.2) is 30.1 Å². The number of aliphatic imine (C=N–C) groups is 1. The average Bonchev–Trinajstić information content (AvgIpc) is 2.18. The Hall–Kier alpha value is -1.51. The highest BCUT2D eigenvalue weighted by Crippen LogP contribution is 2.12. The molecular formula is C10H10N2OS. The van der Waals surface area contributed by atoms with E-state index >= 15 is 0 Å². The van der Waals surface area contributed by atoms with Gasteiger partial charge in [0, 0.05) is 19.7 Å². The molecule has 0 saturated carbocycles. The van der Waals surface area contributed by atoms with Crippen LogP contribution in [0.5, 0.6) is 0 Å². The molecular weight excluding hydrogens is 196 g/mol. The van der Waals surface area contributed by atoms with Crippen LogP contribution in [0, 0.1) is 0 Å². The van der Waals surface area contributed by atoms with Crippen LogP contribution in [0.4, 0.5) is 5.69 Å². The molecule has 0 radical (unpaired) electrons. The van der Waals surface area contributed by atoms with Crippen molar-refractivity contribution >= 4 is 29.0 Å². The standard InChI is InChI=1S/C10H10N2OS/c1-12(2)10(13)8-3-5-9(6-4-8)11-7-14/h3-6H,1-2H3. The van der Waals surface area contributed by atoms with Crippen LogP contribution in [0.3, 0.4) is 0 Å². The van der Waals surface area contributed by atoms with Crippen LogP contribution in [0.1, 0.15) is 10.4 Å². The number of benzene rings is 1. The Morgan fingerprint density at radius 2 is 1.93 bits per heavy atom. The van der Waals surface area contributed by atoms with Crippen molar-refractivity contribution in [3.8, 4) is 0 Å². The van der Waals surface area contributed by atoms with E-state index in [4.69, 9.17) is 0 Å². The second kappa shape index (κ2) is 4.65. The smallest absolute Gasteiger partial charge is 0.253 e. The predicted molar refractivity (Wildman–Crippen MR) is 59.1 cm³/mol. The number of nitrogens with zero attached hydrogens (tertiary/aromatic N) is 2. The molecule has 0 aliphatic heterocycles. The van der Waals surface area contributed by atoms with Gasteiger partial charge >= 0.3 is 0 Å². The molecule has 0 fully saturated rings. The lowest BCUT2D eigenvalue weighted by atomic mass is 10.2. The molecule has 0 heterocycles. The van der Waals surface area contributed by atoms with E-state index in [1.54, 1.807) is 38.4 Å². The zero-order valence-corrected chi connectivity index (χ0v) is 8.84. The van der Waals surface area contributed by atoms with Gasteiger partial charge in [-0.15, -0.1) is 0 Å². The van der Waals surface area contributed by atoms with E-state index in [-0.39, 0.29) is 5.91 Å². The first-order valence-corrected chi connectivity index (χ1v) is 4.45. The molecule has 4 heteroatoms. The Morgan fingerprint density at radius 1 is 1.36 bits per heavy atom. The highest BCUT2D eigenvalue weighted by Gasteiger charge is 2.06. The molecule has 1 rings (SSSR count). The number of isothiocyanates is 1. The molecule has 1 aromatic rings. The molecule has 72 valence electrons. The molecule has 14 heavy (non-hydrogen) atoms. The Morgan fingerprint density at radius 3 is 2.36 bits per heavy atom. The Bertz CT molecular complexity index is 378. The van der Waals surface area contributed by atoms with Crippen LogP contribution < -0.4 is 0 Å². The molecule has 0 saturated heterocycles. The number of hydrogen-bond acceptors (Lipinski definition) is 3. The number of rotatable bonds is 2. The fraction of sp³-hybridized carbons (Fsp3) is 0.200. The van der Waals surface area contributed by atoms with E-state index in [1.165, 1.54) is 4.90 Å². The third-order valence-electron chi connectivity index (χ3n) is 1.70. The quantitative estimate of drug-likeness (QED) is 0.548. The van der Waals surface area contributed by atoms with Crippen LogP contribution in [0.25, 0.3) is 0 Å². The lowest BCUT2D eigenvalue weighted by molar-refractivity contribution is 0.0827. The molecule has 3 nitrogen and oxygen atoms in total. The molecule has 1 amide bonds. The van der Waals surface area contributed by atoms with Crippen molar-refractivity contribution in [2.24, 2.45) is 4.99 Å². The summed E-state index contributed by atoms with van der Waals surface area (Å²) < 4.78 is 0. The van der Waals surface area contributed by atoms with Crippen molar-refractivity contribution in [1.82, 2.24) is 4.90 Å². The SMILES string of the molecule is CN(C)C(=O)c1ccc(N=C=S)cc1. The monoisotopic (exact) mass is 206 g/mol. The van der Waals surface area contributed by atoms with Crippen LogP contribution in [0.2, 0.25) is 0 Å². The van der Waals surface area contributed by atoms with E-state index < -0.39 is 0 Å². The topological polar surface area (TPSA) is 32.7 Å². The maximum Gasteiger partial charge on any atom is 0.253 e. The van der Waals surface area contributed by atoms with E-state index in [9.17, 15) is 4.79 Å². The highest BCUT2D eigenvalue weighted by molar-refractivity contribution is 7.78. The third kappa shape index (κ3) is 2.49. The van der Waals surface area contributed by atoms with Gasteiger partial charge in [0.05, 0.1) is 10.8 Å². The second-order valence-corrected chi connectivity index (χ2v) is 3.13. The summed E-state index contributed by atoms with van der Waals surface area (Å²) in [6.07, 6.45) is 0. The van der Waals surface area contributed by atoms with Crippen molar-refractivity contribution in [2.45, 2.75) is 0 Å². The Balaban J connectivity index is 2.93. The summed E-state index contributed by atoms with van der Waals surface area (Å²) in [5, 5.41) is 2.27. The number of carbonyl (C=O) groups excluding carboxylic acids is 1. The van der Waals surface area contributed by atoms with Gasteiger partial charge in [0.15, 0.2) is 0 Å². The van der Waals surface area contributed by atoms with Crippen molar-refractivity contribution in [3.05, 3.63) is 29.8 Å². The maximum absolute atomic E-state index is 11.5. The van der Waals surface area contributed by atoms with Crippen molar-refractivity contribution < 1.29 is 4.79 Å². The summed E-state index contributed by atoms with van der Waals surface area (Å²) in [5.74, 6) is -0.0251. The number of carbonyl (C=O) groups is 1. The number of thiocarbonyl (C=S) groups is 1. The van der Waals surface area contributed by atoms with E-state index in [1.807, 2.05) is 0 Å². The summed E-state index contributed by atoms with van der Waals surface area (Å²) in [6, 6.07) is 6.90. The first-order chi connectivity index (χ1) is 6.65. The van der Waals surface area contributed by atoms with Gasteiger partial charge in [-0.25, -0.2) is 0 Å². The Kier molecular flexibility index (Phi) is 3.51. The highest BCUT2D eigenvalue weighted by atomic mass is 32.1. The maximum atomic E-state index is 11.5. The fourth-order valence-electron chi connectivity index (χ4n) is 0.989. The van der Waals surface area contributed by atoms with Gasteiger partial charge in [-0.1, -0.05) is 0 Å². The molecule has 0 aromatic heterocycles. The molecule has 0 unspecified atom stereocenters. The molecule has 0 N–H and O–H groups in total. The van der Waals surface area contributed by atoms with Crippen LogP contribution in [0.15, 0.2) is 29.3 Å². The number of hydrogen-bond donors (Lipinski definition) is 0. The first-order valence-electron chi connectivity index (χ1n) is 4.04. The van der Waals surface area contributed by atoms with Crippen molar-refractivity contribution in [2.75, 3.05) is 14.1 Å². The van der Waals surface area contributed by atoms with E-state index in [2.05, 4.69) is 22.4 Å². The summed E-state index contributed by atoms with van der Waals surface area (Å²) in [7, 11) is 3.43. The Labute approximate surface area is 88.1 Å². The predicted octanol–water partition coefficient (Wildman–Crippen LogP) is 2.12. The van der Waals surface area contributed by atoms with Crippen molar-refractivity contribution in [1.29, 1.82) is 0 Å². The fourth-order valence-corrected chi connectivity index (χ4v) is 1.09. The molecule has 0 bridgehead atoms. The van der Waals surface area contributed by atoms with Gasteiger partial charge in [0.25, 0.3) is 5.91 Å². The molecule has 0 aliphatic carbocycles. The largest absolute Gasteiger partial charge is 0.345 e. The minimum Gasteiger partial charge on any atom is -0.345 e. The van der Waals surface area contributed by atoms with Crippen molar-refractivity contribution in [3.63, 3.8) is 0 Å². The van der Waals surface area contributed by atoms with Gasteiger partial charge in [-0.05, 0) is 36.5 Å². The molecule has 0 aliphatic rings. The molecule has 0 atom stereocenters. The average molecular weight is 206 g/mol. The second-order valence-electron chi connectivity index (χ2n) is 2.95. The minimum absolute atomic E-state index is 0.0251. The van der Waals surface area contributed by atoms with Crippen LogP contribution in [-0.2, 0) is 0 Å². The summed E-state index contributed by atoms with van der Waals surface area (Å²) >= 11 is 4.47. The normalized spacial score (nSPS) is 9.00. The van der Waals surface area contributed by atoms with Gasteiger partial charge in [0.1, 0.15) is 0 Å². The summed E-state index contributed by atoms with van der Waals surface area (Å²) in [5.41, 5.74) is 1.34. The van der Waals surface area contributed by atoms with E-state index in [0.29, 0.717) is 11.3 Å². The zero-order valence-electron chi connectivity index (χ0n) is 8.02. The lowest BCUT2D eigenvalue weighted by Crippen LogP contribution is -2.21. The van der Waals surface area contributed by atoms with E-state index in [0.717, 1.165) is 0 Å². The van der Waals surface area contributed by atoms with Gasteiger partial charge in [-0.2, -0.15) is 4.99 Å². The van der Waals surface area contributed by atoms with Gasteiger partial charge < -0.3 is 4.90 Å². The summed E-state index contributed by atoms with van der Waals surface area (Å²) in [4.78, 5) is 16.8. The van der Waals surface area contributed by atoms with Crippen LogP contribution >= 0.6 is 12.2 Å². The molecule has 1 aromatic carbocycles.